The summed E-state index contributed by atoms with van der Waals surface area (Å²) in [5, 5.41) is 6.15. The molecule has 0 atom stereocenters. The van der Waals surface area contributed by atoms with Crippen LogP contribution in [0, 0.1) is 0 Å². The number of fused-ring (bicyclic) bond motifs is 1. The van der Waals surface area contributed by atoms with E-state index in [2.05, 4.69) is 9.71 Å². The van der Waals surface area contributed by atoms with Gasteiger partial charge in [0.05, 0.1) is 14.8 Å². The molecule has 1 heterocycles. The van der Waals surface area contributed by atoms with Crippen molar-refractivity contribution in [1.29, 1.82) is 0 Å². The molecule has 1 aromatic heterocycles. The first-order valence-corrected chi connectivity index (χ1v) is 10.00. The van der Waals surface area contributed by atoms with Crippen LogP contribution >= 0.6 is 11.6 Å². The van der Waals surface area contributed by atoms with Crippen molar-refractivity contribution in [2.24, 2.45) is 5.14 Å². The average Bonchev–Trinajstić information content (AvgIpc) is 2.87. The molecule has 4 N–H and O–H groups in total. The third-order valence-corrected chi connectivity index (χ3v) is 5.99. The summed E-state index contributed by atoms with van der Waals surface area (Å²) in [7, 11) is -7.76. The van der Waals surface area contributed by atoms with Gasteiger partial charge in [-0.25, -0.2) is 22.0 Å². The number of H-pyrrole nitrogens is 1. The molecular formula is C14H12ClN3O4S2. The van der Waals surface area contributed by atoms with Gasteiger partial charge in [0.15, 0.2) is 0 Å². The van der Waals surface area contributed by atoms with E-state index >= 15 is 0 Å². The largest absolute Gasteiger partial charge is 0.360 e. The minimum Gasteiger partial charge on any atom is -0.360 e. The zero-order valence-electron chi connectivity index (χ0n) is 12.0. The number of halogens is 1. The maximum atomic E-state index is 12.4. The molecule has 0 aliphatic heterocycles. The monoisotopic (exact) mass is 385 g/mol. The molecule has 0 saturated heterocycles. The van der Waals surface area contributed by atoms with Crippen molar-refractivity contribution in [3.05, 3.63) is 53.7 Å². The Kier molecular flexibility index (Phi) is 4.04. The molecular weight excluding hydrogens is 374 g/mol. The molecule has 24 heavy (non-hydrogen) atoms. The average molecular weight is 386 g/mol. The van der Waals surface area contributed by atoms with Crippen molar-refractivity contribution in [1.82, 2.24) is 4.98 Å². The molecule has 3 aromatic rings. The lowest BCUT2D eigenvalue weighted by Crippen LogP contribution is -2.15. The van der Waals surface area contributed by atoms with Gasteiger partial charge in [0, 0.05) is 22.8 Å². The van der Waals surface area contributed by atoms with E-state index in [4.69, 9.17) is 16.7 Å². The summed E-state index contributed by atoms with van der Waals surface area (Å²) >= 11 is 6.02. The predicted octanol–water partition coefficient (Wildman–Crippen LogP) is 2.27. The molecule has 0 fully saturated rings. The summed E-state index contributed by atoms with van der Waals surface area (Å²) in [6.07, 6.45) is 1.61. The first-order chi connectivity index (χ1) is 11.2. The number of hydrogen-bond donors (Lipinski definition) is 3. The van der Waals surface area contributed by atoms with E-state index in [9.17, 15) is 16.8 Å². The van der Waals surface area contributed by atoms with Crippen LogP contribution in [0.3, 0.4) is 0 Å². The normalized spacial score (nSPS) is 12.4. The summed E-state index contributed by atoms with van der Waals surface area (Å²) in [6.45, 7) is 0. The lowest BCUT2D eigenvalue weighted by molar-refractivity contribution is 0.595. The highest BCUT2D eigenvalue weighted by atomic mass is 35.5. The zero-order chi connectivity index (χ0) is 17.5. The van der Waals surface area contributed by atoms with Crippen molar-refractivity contribution in [3.63, 3.8) is 0 Å². The molecule has 0 aliphatic carbocycles. The lowest BCUT2D eigenvalue weighted by atomic mass is 10.2. The van der Waals surface area contributed by atoms with Crippen molar-refractivity contribution in [2.75, 3.05) is 4.72 Å². The van der Waals surface area contributed by atoms with Gasteiger partial charge in [0.25, 0.3) is 10.0 Å². The number of nitrogens with two attached hydrogens (primary N) is 1. The second-order valence-corrected chi connectivity index (χ2v) is 8.67. The summed E-state index contributed by atoms with van der Waals surface area (Å²) in [6, 6.07) is 9.50. The van der Waals surface area contributed by atoms with E-state index in [1.54, 1.807) is 24.4 Å². The second kappa shape index (κ2) is 5.78. The van der Waals surface area contributed by atoms with Crippen molar-refractivity contribution < 1.29 is 16.8 Å². The number of aromatic amines is 1. The quantitative estimate of drug-likeness (QED) is 0.637. The van der Waals surface area contributed by atoms with E-state index in [-0.39, 0.29) is 9.79 Å². The molecule has 10 heteroatoms. The number of benzene rings is 2. The van der Waals surface area contributed by atoms with Gasteiger partial charge in [-0.15, -0.1) is 0 Å². The van der Waals surface area contributed by atoms with Gasteiger partial charge in [0.1, 0.15) is 0 Å². The van der Waals surface area contributed by atoms with Crippen LogP contribution in [0.1, 0.15) is 0 Å². The standard InChI is InChI=1S/C14H12ClN3O4S2/c15-13-8-17-14-6-1-9(7-12(13)14)18-24(21,22)11-4-2-10(3-5-11)23(16,19)20/h1-8,17-18H,(H2,16,19,20). The van der Waals surface area contributed by atoms with Gasteiger partial charge in [-0.05, 0) is 42.5 Å². The number of anilines is 1. The fourth-order valence-electron chi connectivity index (χ4n) is 2.17. The molecule has 0 amide bonds. The number of sulfonamides is 2. The van der Waals surface area contributed by atoms with E-state index in [1.165, 1.54) is 12.1 Å². The topological polar surface area (TPSA) is 122 Å². The number of primary sulfonamides is 1. The number of hydrogen-bond acceptors (Lipinski definition) is 4. The summed E-state index contributed by atoms with van der Waals surface area (Å²) < 4.78 is 49.6. The van der Waals surface area contributed by atoms with Gasteiger partial charge < -0.3 is 4.98 Å². The Morgan fingerprint density at radius 1 is 0.958 bits per heavy atom. The molecule has 0 aliphatic rings. The van der Waals surface area contributed by atoms with Crippen LogP contribution in [0.25, 0.3) is 10.9 Å². The Morgan fingerprint density at radius 3 is 2.21 bits per heavy atom. The van der Waals surface area contributed by atoms with Crippen LogP contribution in [0.15, 0.2) is 58.5 Å². The Balaban J connectivity index is 1.93. The van der Waals surface area contributed by atoms with Gasteiger partial charge >= 0.3 is 0 Å². The molecule has 0 bridgehead atoms. The highest BCUT2D eigenvalue weighted by Crippen LogP contribution is 2.27. The Hall–Kier alpha value is -2.07. The van der Waals surface area contributed by atoms with Gasteiger partial charge in [-0.2, -0.15) is 0 Å². The fraction of sp³-hybridized carbons (Fsp3) is 0. The third-order valence-electron chi connectivity index (χ3n) is 3.35. The molecule has 7 nitrogen and oxygen atoms in total. The summed E-state index contributed by atoms with van der Waals surface area (Å²) in [5.41, 5.74) is 1.11. The molecule has 0 spiro atoms. The fourth-order valence-corrected chi connectivity index (χ4v) is 3.95. The van der Waals surface area contributed by atoms with Crippen LogP contribution in [0.2, 0.25) is 5.02 Å². The van der Waals surface area contributed by atoms with Crippen LogP contribution in [0.5, 0.6) is 0 Å². The summed E-state index contributed by atoms with van der Waals surface area (Å²) in [5.74, 6) is 0. The minimum atomic E-state index is -3.88. The first-order valence-electron chi connectivity index (χ1n) is 6.59. The number of nitrogens with one attached hydrogen (secondary N) is 2. The van der Waals surface area contributed by atoms with Crippen molar-refractivity contribution >= 4 is 48.2 Å². The maximum absolute atomic E-state index is 12.4. The minimum absolute atomic E-state index is 0.0878. The van der Waals surface area contributed by atoms with Gasteiger partial charge in [-0.3, -0.25) is 4.72 Å². The number of rotatable bonds is 4. The Morgan fingerprint density at radius 2 is 1.58 bits per heavy atom. The van der Waals surface area contributed by atoms with E-state index in [1.807, 2.05) is 0 Å². The maximum Gasteiger partial charge on any atom is 0.261 e. The smallest absolute Gasteiger partial charge is 0.261 e. The van der Waals surface area contributed by atoms with E-state index < -0.39 is 20.0 Å². The predicted molar refractivity (Wildman–Crippen MR) is 91.9 cm³/mol. The molecule has 2 aromatic carbocycles. The summed E-state index contributed by atoms with van der Waals surface area (Å²) in [4.78, 5) is 2.70. The SMILES string of the molecule is NS(=O)(=O)c1ccc(S(=O)(=O)Nc2ccc3[nH]cc(Cl)c3c2)cc1. The van der Waals surface area contributed by atoms with Crippen LogP contribution in [-0.4, -0.2) is 21.8 Å². The highest BCUT2D eigenvalue weighted by molar-refractivity contribution is 7.92. The number of aromatic nitrogens is 1. The van der Waals surface area contributed by atoms with Crippen LogP contribution in [-0.2, 0) is 20.0 Å². The highest BCUT2D eigenvalue weighted by Gasteiger charge is 2.16. The zero-order valence-corrected chi connectivity index (χ0v) is 14.4. The third kappa shape index (κ3) is 3.24. The van der Waals surface area contributed by atoms with E-state index in [0.29, 0.717) is 16.1 Å². The van der Waals surface area contributed by atoms with Crippen molar-refractivity contribution in [3.8, 4) is 0 Å². The first kappa shape index (κ1) is 16.8. The lowest BCUT2D eigenvalue weighted by Gasteiger charge is -2.09. The van der Waals surface area contributed by atoms with Gasteiger partial charge in [-0.1, -0.05) is 11.6 Å². The molecule has 0 radical (unpaired) electrons. The van der Waals surface area contributed by atoms with Crippen LogP contribution in [0.4, 0.5) is 5.69 Å². The van der Waals surface area contributed by atoms with Crippen molar-refractivity contribution in [2.45, 2.75) is 9.79 Å². The Labute approximate surface area is 143 Å². The van der Waals surface area contributed by atoms with Gasteiger partial charge in [0.2, 0.25) is 10.0 Å². The Bertz CT molecular complexity index is 1120. The second-order valence-electron chi connectivity index (χ2n) is 5.02. The van der Waals surface area contributed by atoms with E-state index in [0.717, 1.165) is 17.6 Å². The molecule has 3 rings (SSSR count). The molecule has 0 saturated carbocycles. The molecule has 0 unspecified atom stereocenters. The molecule has 126 valence electrons. The van der Waals surface area contributed by atoms with Crippen LogP contribution < -0.4 is 9.86 Å².